The summed E-state index contributed by atoms with van der Waals surface area (Å²) in [5.74, 6) is -0.447. The number of aromatic nitrogens is 7. The van der Waals surface area contributed by atoms with E-state index in [0.717, 1.165) is 60.1 Å². The Kier molecular flexibility index (Phi) is 8.23. The molecule has 1 saturated carbocycles. The lowest BCUT2D eigenvalue weighted by atomic mass is 9.72. The van der Waals surface area contributed by atoms with Crippen molar-refractivity contribution in [2.45, 2.75) is 71.9 Å². The maximum Gasteiger partial charge on any atom is 0.328 e. The third-order valence-electron chi connectivity index (χ3n) is 8.30. The number of aryl methyl sites for hydroxylation is 1. The molecule has 2 N–H and O–H groups in total. The molecule has 0 radical (unpaired) electrons. The third kappa shape index (κ3) is 5.48. The van der Waals surface area contributed by atoms with Crippen LogP contribution in [0.4, 0.5) is 0 Å². The van der Waals surface area contributed by atoms with E-state index in [4.69, 9.17) is 0 Å². The van der Waals surface area contributed by atoms with Gasteiger partial charge in [0.2, 0.25) is 5.82 Å². The number of carboxylic acid groups (broad SMARTS) is 1. The highest BCUT2D eigenvalue weighted by atomic mass is 16.4. The molecule has 0 aliphatic heterocycles. The summed E-state index contributed by atoms with van der Waals surface area (Å²) in [6.45, 7) is 6.76. The number of unbranched alkanes of at least 4 members (excludes halogenated alkanes) is 1. The van der Waals surface area contributed by atoms with Crippen molar-refractivity contribution in [3.63, 3.8) is 0 Å². The van der Waals surface area contributed by atoms with Gasteiger partial charge in [-0.1, -0.05) is 57.9 Å². The number of pyridine rings is 1. The van der Waals surface area contributed by atoms with Gasteiger partial charge >= 0.3 is 11.7 Å². The molecule has 1 aromatic carbocycles. The minimum absolute atomic E-state index is 0.133. The molecule has 4 aromatic rings. The molecule has 0 amide bonds. The standard InChI is InChI=1S/C30H37N7O3/c1-4-5-7-23-18-37(27-24(19(2)3)8-6-9-26(27)29(38)39)30(40)36(23)17-22-16-31-15-14-25(22)20-10-12-21(13-11-20)28-32-34-35-33-28/h10-16,18-19,24,26-27H,4-9,17H2,1-3H3,(H,38,39)(H,32,33,34,35). The Labute approximate surface area is 233 Å². The summed E-state index contributed by atoms with van der Waals surface area (Å²) in [4.78, 5) is 30.8. The number of hydrogen-bond donors (Lipinski definition) is 2. The van der Waals surface area contributed by atoms with Crippen LogP contribution in [0.25, 0.3) is 22.5 Å². The lowest BCUT2D eigenvalue weighted by Gasteiger charge is -2.38. The highest BCUT2D eigenvalue weighted by Gasteiger charge is 2.41. The lowest BCUT2D eigenvalue weighted by Crippen LogP contribution is -2.42. The van der Waals surface area contributed by atoms with Gasteiger partial charge in [0, 0.05) is 29.8 Å². The highest BCUT2D eigenvalue weighted by molar-refractivity contribution is 5.71. The fraction of sp³-hybridized carbons (Fsp3) is 0.467. The van der Waals surface area contributed by atoms with Crippen LogP contribution in [0, 0.1) is 17.8 Å². The van der Waals surface area contributed by atoms with Gasteiger partial charge in [0.15, 0.2) is 0 Å². The molecule has 10 heteroatoms. The predicted molar refractivity (Wildman–Crippen MR) is 152 cm³/mol. The molecular weight excluding hydrogens is 506 g/mol. The first-order chi connectivity index (χ1) is 19.4. The zero-order valence-corrected chi connectivity index (χ0v) is 23.3. The van der Waals surface area contributed by atoms with Gasteiger partial charge in [-0.2, -0.15) is 5.21 Å². The number of benzene rings is 1. The maximum atomic E-state index is 14.1. The molecule has 3 atom stereocenters. The van der Waals surface area contributed by atoms with Crippen LogP contribution in [0.15, 0.2) is 53.7 Å². The first kappa shape index (κ1) is 27.5. The quantitative estimate of drug-likeness (QED) is 0.288. The van der Waals surface area contributed by atoms with Gasteiger partial charge in [-0.3, -0.25) is 18.9 Å². The zero-order valence-electron chi connectivity index (χ0n) is 23.3. The monoisotopic (exact) mass is 543 g/mol. The number of rotatable bonds is 10. The van der Waals surface area contributed by atoms with Crippen LogP contribution in [0.1, 0.15) is 70.2 Å². The Balaban J connectivity index is 1.54. The van der Waals surface area contributed by atoms with Crippen molar-refractivity contribution in [1.29, 1.82) is 0 Å². The van der Waals surface area contributed by atoms with Crippen molar-refractivity contribution in [1.82, 2.24) is 34.7 Å². The third-order valence-corrected chi connectivity index (χ3v) is 8.30. The Morgan fingerprint density at radius 3 is 2.60 bits per heavy atom. The van der Waals surface area contributed by atoms with Crippen molar-refractivity contribution in [3.05, 3.63) is 70.7 Å². The first-order valence-electron chi connectivity index (χ1n) is 14.2. The van der Waals surface area contributed by atoms with Crippen molar-refractivity contribution >= 4 is 5.97 Å². The van der Waals surface area contributed by atoms with E-state index >= 15 is 0 Å². The van der Waals surface area contributed by atoms with Crippen molar-refractivity contribution < 1.29 is 9.90 Å². The highest BCUT2D eigenvalue weighted by Crippen LogP contribution is 2.42. The second-order valence-electron chi connectivity index (χ2n) is 11.1. The number of H-pyrrole nitrogens is 1. The van der Waals surface area contributed by atoms with E-state index in [1.54, 1.807) is 10.8 Å². The van der Waals surface area contributed by atoms with Gasteiger partial charge in [-0.25, -0.2) is 4.79 Å². The second-order valence-corrected chi connectivity index (χ2v) is 11.1. The molecule has 5 rings (SSSR count). The number of nitrogens with zero attached hydrogens (tertiary/aromatic N) is 6. The first-order valence-corrected chi connectivity index (χ1v) is 14.2. The maximum absolute atomic E-state index is 14.1. The van der Waals surface area contributed by atoms with Crippen LogP contribution in [0.3, 0.4) is 0 Å². The van der Waals surface area contributed by atoms with E-state index < -0.39 is 11.9 Å². The van der Waals surface area contributed by atoms with Crippen LogP contribution in [-0.2, 0) is 17.8 Å². The Bertz CT molecular complexity index is 1490. The molecule has 210 valence electrons. The van der Waals surface area contributed by atoms with Gasteiger partial charge in [0.25, 0.3) is 0 Å². The molecular formula is C30H37N7O3. The Morgan fingerprint density at radius 1 is 1.15 bits per heavy atom. The van der Waals surface area contributed by atoms with Gasteiger partial charge < -0.3 is 5.11 Å². The summed E-state index contributed by atoms with van der Waals surface area (Å²) in [5, 5.41) is 24.3. The molecule has 1 aliphatic carbocycles. The minimum atomic E-state index is -0.816. The van der Waals surface area contributed by atoms with Crippen molar-refractivity contribution in [2.24, 2.45) is 17.8 Å². The smallest absolute Gasteiger partial charge is 0.328 e. The number of carboxylic acids is 1. The van der Waals surface area contributed by atoms with Gasteiger partial charge in [0.1, 0.15) is 0 Å². The van der Waals surface area contributed by atoms with Crippen LogP contribution in [0.5, 0.6) is 0 Å². The fourth-order valence-corrected chi connectivity index (χ4v) is 6.19. The van der Waals surface area contributed by atoms with E-state index in [0.29, 0.717) is 18.8 Å². The Morgan fingerprint density at radius 2 is 1.93 bits per heavy atom. The molecule has 0 bridgehead atoms. The van der Waals surface area contributed by atoms with E-state index in [-0.39, 0.29) is 23.6 Å². The van der Waals surface area contributed by atoms with Crippen LogP contribution in [-0.4, -0.2) is 45.8 Å². The number of nitrogens with one attached hydrogen (secondary N) is 1. The van der Waals surface area contributed by atoms with Crippen molar-refractivity contribution in [3.8, 4) is 22.5 Å². The summed E-state index contributed by atoms with van der Waals surface area (Å²) in [5.41, 5.74) is 4.54. The second kappa shape index (κ2) is 12.0. The number of aromatic amines is 1. The van der Waals surface area contributed by atoms with Crippen LogP contribution >= 0.6 is 0 Å². The van der Waals surface area contributed by atoms with E-state index in [2.05, 4.69) is 46.4 Å². The van der Waals surface area contributed by atoms with E-state index in [1.807, 2.05) is 47.3 Å². The molecule has 3 unspecified atom stereocenters. The normalized spacial score (nSPS) is 19.2. The summed E-state index contributed by atoms with van der Waals surface area (Å²) >= 11 is 0. The molecule has 1 aliphatic rings. The molecule has 1 fully saturated rings. The summed E-state index contributed by atoms with van der Waals surface area (Å²) < 4.78 is 3.58. The van der Waals surface area contributed by atoms with Crippen LogP contribution < -0.4 is 5.69 Å². The van der Waals surface area contributed by atoms with Gasteiger partial charge in [0.05, 0.1) is 18.5 Å². The number of imidazole rings is 1. The van der Waals surface area contributed by atoms with E-state index in [9.17, 15) is 14.7 Å². The zero-order chi connectivity index (χ0) is 28.2. The number of aliphatic carboxylic acids is 1. The van der Waals surface area contributed by atoms with Crippen LogP contribution in [0.2, 0.25) is 0 Å². The summed E-state index contributed by atoms with van der Waals surface area (Å²) in [6, 6.07) is 9.50. The molecule has 0 spiro atoms. The van der Waals surface area contributed by atoms with Crippen molar-refractivity contribution in [2.75, 3.05) is 0 Å². The number of carbonyl (C=O) groups is 1. The van der Waals surface area contributed by atoms with E-state index in [1.165, 1.54) is 0 Å². The predicted octanol–water partition coefficient (Wildman–Crippen LogP) is 4.98. The largest absolute Gasteiger partial charge is 0.481 e. The average molecular weight is 544 g/mol. The molecule has 3 aromatic heterocycles. The summed E-state index contributed by atoms with van der Waals surface area (Å²) in [6.07, 6.45) is 10.6. The number of hydrogen-bond acceptors (Lipinski definition) is 6. The Hall–Kier alpha value is -4.08. The topological polar surface area (TPSA) is 132 Å². The van der Waals surface area contributed by atoms with Gasteiger partial charge in [-0.05, 0) is 65.5 Å². The average Bonchev–Trinajstić information content (AvgIpc) is 3.61. The van der Waals surface area contributed by atoms with Gasteiger partial charge in [-0.15, -0.1) is 10.2 Å². The molecule has 40 heavy (non-hydrogen) atoms. The molecule has 10 nitrogen and oxygen atoms in total. The summed E-state index contributed by atoms with van der Waals surface area (Å²) in [7, 11) is 0. The number of tetrazole rings is 1. The fourth-order valence-electron chi connectivity index (χ4n) is 6.19. The molecule has 3 heterocycles. The minimum Gasteiger partial charge on any atom is -0.481 e. The molecule has 0 saturated heterocycles. The lowest BCUT2D eigenvalue weighted by molar-refractivity contribution is -0.146. The SMILES string of the molecule is CCCCc1cn(C2C(C(=O)O)CCCC2C(C)C)c(=O)n1Cc1cnccc1-c1ccc(-c2nn[nH]n2)cc1.